The summed E-state index contributed by atoms with van der Waals surface area (Å²) in [6.07, 6.45) is 0. The van der Waals surface area contributed by atoms with Crippen molar-refractivity contribution in [2.75, 3.05) is 9.80 Å². The molecule has 304 valence electrons. The second kappa shape index (κ2) is 14.3. The highest BCUT2D eigenvalue weighted by Crippen LogP contribution is 2.51. The van der Waals surface area contributed by atoms with Gasteiger partial charge in [0.1, 0.15) is 22.3 Å². The Labute approximate surface area is 366 Å². The van der Waals surface area contributed by atoms with E-state index in [9.17, 15) is 0 Å². The van der Waals surface area contributed by atoms with Gasteiger partial charge in [-0.1, -0.05) is 125 Å². The SMILES string of the molecule is Cc1cc2ccc3c(N(c4ccc(C(C)C)cc4)c4ccc5oc6ccccc6c5c4)cc(N(c4ccc(C(C)C)cc4)c4ccc5oc6ccccc6c5c4)c4ccc(c1)c2c34. The van der Waals surface area contributed by atoms with Crippen molar-refractivity contribution in [1.82, 2.24) is 0 Å². The third kappa shape index (κ3) is 5.96. The maximum Gasteiger partial charge on any atom is 0.135 e. The number of rotatable bonds is 8. The summed E-state index contributed by atoms with van der Waals surface area (Å²) in [6.45, 7) is 11.2. The molecule has 10 aromatic carbocycles. The minimum Gasteiger partial charge on any atom is -0.456 e. The summed E-state index contributed by atoms with van der Waals surface area (Å²) >= 11 is 0. The van der Waals surface area contributed by atoms with Crippen LogP contribution in [0.3, 0.4) is 0 Å². The maximum absolute atomic E-state index is 6.39. The molecule has 0 aliphatic heterocycles. The third-order valence-corrected chi connectivity index (χ3v) is 13.2. The fourth-order valence-electron chi connectivity index (χ4n) is 9.98. The molecular formula is C59H46N2O2. The highest BCUT2D eigenvalue weighted by Gasteiger charge is 2.26. The van der Waals surface area contributed by atoms with Crippen LogP contribution in [0.5, 0.6) is 0 Å². The Kier molecular flexibility index (Phi) is 8.42. The molecule has 2 heterocycles. The van der Waals surface area contributed by atoms with Gasteiger partial charge in [0.15, 0.2) is 0 Å². The number of hydrogen-bond acceptors (Lipinski definition) is 4. The van der Waals surface area contributed by atoms with E-state index in [-0.39, 0.29) is 0 Å². The lowest BCUT2D eigenvalue weighted by molar-refractivity contribution is 0.668. The monoisotopic (exact) mass is 814 g/mol. The lowest BCUT2D eigenvalue weighted by atomic mass is 9.90. The van der Waals surface area contributed by atoms with Crippen LogP contribution >= 0.6 is 0 Å². The van der Waals surface area contributed by atoms with Gasteiger partial charge in [0, 0.05) is 60.5 Å². The van der Waals surface area contributed by atoms with Crippen molar-refractivity contribution < 1.29 is 8.83 Å². The summed E-state index contributed by atoms with van der Waals surface area (Å²) in [7, 11) is 0. The van der Waals surface area contributed by atoms with E-state index in [2.05, 4.69) is 208 Å². The van der Waals surface area contributed by atoms with Gasteiger partial charge in [-0.25, -0.2) is 0 Å². The van der Waals surface area contributed by atoms with Crippen LogP contribution in [0.4, 0.5) is 34.1 Å². The zero-order valence-corrected chi connectivity index (χ0v) is 36.1. The summed E-state index contributed by atoms with van der Waals surface area (Å²) in [5, 5.41) is 11.8. The average Bonchev–Trinajstić information content (AvgIpc) is 3.87. The summed E-state index contributed by atoms with van der Waals surface area (Å²) in [4.78, 5) is 4.91. The first-order valence-electron chi connectivity index (χ1n) is 22.1. The predicted molar refractivity (Wildman–Crippen MR) is 267 cm³/mol. The van der Waals surface area contributed by atoms with E-state index in [0.29, 0.717) is 11.8 Å². The second-order valence-electron chi connectivity index (χ2n) is 17.8. The molecule has 0 aliphatic carbocycles. The molecule has 12 aromatic rings. The fourth-order valence-corrected chi connectivity index (χ4v) is 9.98. The van der Waals surface area contributed by atoms with Crippen LogP contribution < -0.4 is 9.80 Å². The summed E-state index contributed by atoms with van der Waals surface area (Å²) in [5.74, 6) is 0.817. The number of nitrogens with zero attached hydrogens (tertiary/aromatic N) is 2. The molecule has 0 N–H and O–H groups in total. The van der Waals surface area contributed by atoms with E-state index in [0.717, 1.165) is 78.0 Å². The fraction of sp³-hybridized carbons (Fsp3) is 0.119. The van der Waals surface area contributed by atoms with Gasteiger partial charge in [0.25, 0.3) is 0 Å². The van der Waals surface area contributed by atoms with E-state index < -0.39 is 0 Å². The molecule has 0 fully saturated rings. The van der Waals surface area contributed by atoms with Crippen LogP contribution in [0, 0.1) is 6.92 Å². The van der Waals surface area contributed by atoms with Gasteiger partial charge in [-0.05, 0) is 130 Å². The smallest absolute Gasteiger partial charge is 0.135 e. The van der Waals surface area contributed by atoms with E-state index in [1.807, 2.05) is 12.1 Å². The number of anilines is 6. The molecule has 0 atom stereocenters. The Morgan fingerprint density at radius 3 is 1.21 bits per heavy atom. The molecule has 0 aliphatic rings. The van der Waals surface area contributed by atoms with Crippen LogP contribution in [0.1, 0.15) is 56.2 Å². The molecule has 0 radical (unpaired) electrons. The third-order valence-electron chi connectivity index (χ3n) is 13.2. The van der Waals surface area contributed by atoms with Crippen LogP contribution in [-0.4, -0.2) is 0 Å². The van der Waals surface area contributed by atoms with Gasteiger partial charge < -0.3 is 18.6 Å². The summed E-state index contributed by atoms with van der Waals surface area (Å²) in [6, 6.07) is 64.6. The number of furan rings is 2. The van der Waals surface area contributed by atoms with Gasteiger partial charge in [-0.15, -0.1) is 0 Å². The van der Waals surface area contributed by atoms with Crippen molar-refractivity contribution in [3.05, 3.63) is 193 Å². The van der Waals surface area contributed by atoms with Gasteiger partial charge in [-0.3, -0.25) is 0 Å². The molecule has 0 amide bonds. The molecule has 2 aromatic heterocycles. The molecule has 0 unspecified atom stereocenters. The molecule has 0 spiro atoms. The van der Waals surface area contributed by atoms with Gasteiger partial charge >= 0.3 is 0 Å². The lowest BCUT2D eigenvalue weighted by Gasteiger charge is -2.32. The zero-order chi connectivity index (χ0) is 42.5. The van der Waals surface area contributed by atoms with Crippen molar-refractivity contribution in [1.29, 1.82) is 0 Å². The largest absolute Gasteiger partial charge is 0.456 e. The quantitative estimate of drug-likeness (QED) is 0.143. The molecule has 4 nitrogen and oxygen atoms in total. The lowest BCUT2D eigenvalue weighted by Crippen LogP contribution is -2.14. The van der Waals surface area contributed by atoms with Crippen molar-refractivity contribution >= 4 is 110 Å². The minimum atomic E-state index is 0.408. The van der Waals surface area contributed by atoms with E-state index >= 15 is 0 Å². The van der Waals surface area contributed by atoms with Crippen molar-refractivity contribution in [3.63, 3.8) is 0 Å². The Morgan fingerprint density at radius 2 is 0.762 bits per heavy atom. The topological polar surface area (TPSA) is 32.8 Å². The molecular weight excluding hydrogens is 769 g/mol. The minimum absolute atomic E-state index is 0.408. The van der Waals surface area contributed by atoms with Gasteiger partial charge in [-0.2, -0.15) is 0 Å². The van der Waals surface area contributed by atoms with Crippen molar-refractivity contribution in [2.24, 2.45) is 0 Å². The van der Waals surface area contributed by atoms with Crippen LogP contribution in [0.2, 0.25) is 0 Å². The second-order valence-corrected chi connectivity index (χ2v) is 17.8. The summed E-state index contributed by atoms with van der Waals surface area (Å²) < 4.78 is 12.8. The summed E-state index contributed by atoms with van der Waals surface area (Å²) in [5.41, 5.74) is 13.9. The predicted octanol–water partition coefficient (Wildman–Crippen LogP) is 17.9. The molecule has 0 bridgehead atoms. The number of aryl methyl sites for hydroxylation is 1. The van der Waals surface area contributed by atoms with Crippen molar-refractivity contribution in [3.8, 4) is 0 Å². The van der Waals surface area contributed by atoms with Crippen LogP contribution in [0.25, 0.3) is 76.2 Å². The number of benzene rings is 10. The highest BCUT2D eigenvalue weighted by molar-refractivity contribution is 6.29. The molecule has 0 saturated heterocycles. The van der Waals surface area contributed by atoms with Crippen LogP contribution in [0.15, 0.2) is 185 Å². The maximum atomic E-state index is 6.39. The molecule has 0 saturated carbocycles. The van der Waals surface area contributed by atoms with E-state index in [1.165, 1.54) is 49.0 Å². The average molecular weight is 815 g/mol. The Morgan fingerprint density at radius 1 is 0.349 bits per heavy atom. The first-order valence-corrected chi connectivity index (χ1v) is 22.1. The van der Waals surface area contributed by atoms with E-state index in [1.54, 1.807) is 0 Å². The Hall–Kier alpha value is -7.56. The molecule has 12 rings (SSSR count). The Bertz CT molecular complexity index is 3470. The van der Waals surface area contributed by atoms with Crippen molar-refractivity contribution in [2.45, 2.75) is 46.5 Å². The zero-order valence-electron chi connectivity index (χ0n) is 36.1. The molecule has 4 heteroatoms. The highest BCUT2D eigenvalue weighted by atomic mass is 16.3. The first-order chi connectivity index (χ1) is 30.8. The van der Waals surface area contributed by atoms with Crippen LogP contribution in [-0.2, 0) is 0 Å². The van der Waals surface area contributed by atoms with Gasteiger partial charge in [0.05, 0.1) is 11.4 Å². The van der Waals surface area contributed by atoms with E-state index in [4.69, 9.17) is 8.83 Å². The first kappa shape index (κ1) is 37.2. The normalized spacial score (nSPS) is 12.2. The number of hydrogen-bond donors (Lipinski definition) is 0. The number of fused-ring (bicyclic) bond motifs is 6. The standard InChI is InChI=1S/C59H46N2O2/c1-35(2)38-14-20-42(21-15-38)60(44-24-28-56-50(32-44)46-10-6-8-12-54(46)62-56)52-34-53(49-27-19-41-31-37(5)30-40-18-26-48(52)59(49)58(40)41)61(43-22-16-39(17-23-43)36(3)4)45-25-29-57-51(33-45)47-11-7-9-13-55(47)63-57/h6-36H,1-5H3. The number of para-hydroxylation sites is 2. The Balaban J connectivity index is 1.20. The van der Waals surface area contributed by atoms with Gasteiger partial charge in [0.2, 0.25) is 0 Å². The molecule has 63 heavy (non-hydrogen) atoms.